The maximum absolute atomic E-state index is 10.6. The molecule has 36 heavy (non-hydrogen) atoms. The van der Waals surface area contributed by atoms with Crippen LogP contribution in [0.2, 0.25) is 0 Å². The Morgan fingerprint density at radius 1 is 1.06 bits per heavy atom. The molecule has 0 saturated carbocycles. The number of hydrogen-bond acceptors (Lipinski definition) is 2. The second kappa shape index (κ2) is 8.91. The Balaban J connectivity index is 1.76. The number of aliphatic hydroxyl groups excluding tert-OH is 1. The highest BCUT2D eigenvalue weighted by Crippen LogP contribution is 2.45. The van der Waals surface area contributed by atoms with E-state index >= 15 is 0 Å². The van der Waals surface area contributed by atoms with Gasteiger partial charge in [0, 0.05) is 34.9 Å². The minimum atomic E-state index is -0.0761. The van der Waals surface area contributed by atoms with Crippen molar-refractivity contribution in [2.24, 2.45) is 0 Å². The van der Waals surface area contributed by atoms with Gasteiger partial charge in [0.1, 0.15) is 11.3 Å². The van der Waals surface area contributed by atoms with Gasteiger partial charge in [-0.3, -0.25) is 0 Å². The van der Waals surface area contributed by atoms with Crippen LogP contribution in [-0.2, 0) is 12.0 Å². The molecule has 2 atom stereocenters. The van der Waals surface area contributed by atoms with Crippen LogP contribution in [0.5, 0.6) is 0 Å². The van der Waals surface area contributed by atoms with Gasteiger partial charge in [-0.1, -0.05) is 52.1 Å². The Morgan fingerprint density at radius 2 is 1.81 bits per heavy atom. The molecule has 1 aromatic carbocycles. The fourth-order valence-electron chi connectivity index (χ4n) is 5.80. The van der Waals surface area contributed by atoms with Crippen LogP contribution in [0.25, 0.3) is 16.8 Å². The summed E-state index contributed by atoms with van der Waals surface area (Å²) in [6.45, 7) is 15.7. The van der Waals surface area contributed by atoms with Gasteiger partial charge in [0.2, 0.25) is 11.4 Å². The van der Waals surface area contributed by atoms with E-state index < -0.39 is 0 Å². The van der Waals surface area contributed by atoms with E-state index in [9.17, 15) is 10.4 Å². The molecule has 4 heteroatoms. The van der Waals surface area contributed by atoms with Gasteiger partial charge < -0.3 is 5.11 Å². The number of allylic oxidation sites excluding steroid dienone is 3. The number of rotatable bonds is 1. The van der Waals surface area contributed by atoms with Crippen LogP contribution < -0.4 is 9.13 Å². The van der Waals surface area contributed by atoms with E-state index in [1.54, 1.807) is 0 Å². The molecule has 1 N–H and O–H groups in total. The van der Waals surface area contributed by atoms with Crippen LogP contribution in [0.3, 0.4) is 0 Å². The topological polar surface area (TPSA) is 51.8 Å². The van der Waals surface area contributed by atoms with E-state index in [4.69, 9.17) is 0 Å². The summed E-state index contributed by atoms with van der Waals surface area (Å²) in [5.74, 6) is 0.0664. The van der Waals surface area contributed by atoms with E-state index in [0.29, 0.717) is 24.1 Å². The zero-order valence-corrected chi connectivity index (χ0v) is 21.3. The van der Waals surface area contributed by atoms with Crippen LogP contribution in [0, 0.1) is 11.3 Å². The molecule has 5 rings (SSSR count). The van der Waals surface area contributed by atoms with E-state index in [1.165, 1.54) is 22.4 Å². The summed E-state index contributed by atoms with van der Waals surface area (Å²) in [6, 6.07) is 21.4. The molecule has 0 fully saturated rings. The minimum Gasteiger partial charge on any atom is -0.508 e. The standard InChI is InChI=1S/C32H32N3O/c1-21-19-34-17-9-8-12-29(34)30(22(2)36)23(18-33)13-15-27-25-10-6-7-11-26(25)28-16-14-24(32(3,4)5)20-35(28)31(21)27/h6-12,14,16-17,20,27,31H,1-2,13,15,19H2,3-5H3/q+1/p+1/b30-23+. The van der Waals surface area contributed by atoms with Crippen LogP contribution in [0.15, 0.2) is 97.1 Å². The quantitative estimate of drug-likeness (QED) is 0.256. The highest BCUT2D eigenvalue weighted by Gasteiger charge is 2.44. The fraction of sp³-hybridized carbons (Fsp3) is 0.281. The smallest absolute Gasteiger partial charge is 0.217 e. The fourth-order valence-corrected chi connectivity index (χ4v) is 5.80. The lowest BCUT2D eigenvalue weighted by molar-refractivity contribution is -0.726. The SMILES string of the molecule is C=C(O)/C1=C(\C#N)CCC2c3ccccc3-c3ccc(C(C)(C)C)c[n+]3C2C(=C)C[n+]2ccccc21. The minimum absolute atomic E-state index is 0.0142. The zero-order chi connectivity index (χ0) is 25.6. The molecule has 0 saturated heterocycles. The van der Waals surface area contributed by atoms with E-state index in [1.807, 2.05) is 24.4 Å². The van der Waals surface area contributed by atoms with Gasteiger partial charge >= 0.3 is 0 Å². The highest BCUT2D eigenvalue weighted by molar-refractivity contribution is 5.78. The first kappa shape index (κ1) is 23.8. The van der Waals surface area contributed by atoms with Crippen molar-refractivity contribution in [3.63, 3.8) is 0 Å². The van der Waals surface area contributed by atoms with Gasteiger partial charge in [0.25, 0.3) is 0 Å². The number of pyridine rings is 2. The summed E-state index contributed by atoms with van der Waals surface area (Å²) in [6.07, 6.45) is 5.60. The normalized spacial score (nSPS) is 21.3. The molecule has 3 aromatic rings. The molecule has 180 valence electrons. The summed E-state index contributed by atoms with van der Waals surface area (Å²) >= 11 is 0. The molecule has 0 aliphatic carbocycles. The average Bonchev–Trinajstić information content (AvgIpc) is 2.85. The first-order chi connectivity index (χ1) is 17.2. The van der Waals surface area contributed by atoms with Gasteiger partial charge in [-0.2, -0.15) is 14.4 Å². The summed E-state index contributed by atoms with van der Waals surface area (Å²) in [4.78, 5) is 0. The largest absolute Gasteiger partial charge is 0.508 e. The highest BCUT2D eigenvalue weighted by atomic mass is 16.3. The van der Waals surface area contributed by atoms with Gasteiger partial charge in [-0.05, 0) is 42.0 Å². The lowest BCUT2D eigenvalue weighted by atomic mass is 9.76. The van der Waals surface area contributed by atoms with Crippen molar-refractivity contribution in [3.05, 3.63) is 114 Å². The van der Waals surface area contributed by atoms with Crippen molar-refractivity contribution < 1.29 is 14.2 Å². The third-order valence-electron chi connectivity index (χ3n) is 7.58. The van der Waals surface area contributed by atoms with Crippen molar-refractivity contribution in [3.8, 4) is 17.3 Å². The summed E-state index contributed by atoms with van der Waals surface area (Å²) in [5, 5.41) is 20.7. The van der Waals surface area contributed by atoms with Crippen LogP contribution in [-0.4, -0.2) is 5.11 Å². The number of aromatic nitrogens is 2. The van der Waals surface area contributed by atoms with E-state index in [0.717, 1.165) is 17.7 Å². The number of nitriles is 1. The summed E-state index contributed by atoms with van der Waals surface area (Å²) < 4.78 is 4.50. The molecule has 0 spiro atoms. The molecule has 2 unspecified atom stereocenters. The van der Waals surface area contributed by atoms with E-state index in [2.05, 4.69) is 91.7 Å². The van der Waals surface area contributed by atoms with Gasteiger partial charge in [0.05, 0.1) is 17.6 Å². The monoisotopic (exact) mass is 475 g/mol. The molecule has 0 amide bonds. The Bertz CT molecular complexity index is 1470. The van der Waals surface area contributed by atoms with Crippen LogP contribution in [0.1, 0.15) is 62.4 Å². The number of fused-ring (bicyclic) bond motifs is 7. The second-order valence-electron chi connectivity index (χ2n) is 10.9. The molecule has 0 bridgehead atoms. The molecule has 2 aromatic heterocycles. The van der Waals surface area contributed by atoms with Gasteiger partial charge in [-0.15, -0.1) is 0 Å². The molecular formula is C32H33N3O+2. The number of aliphatic hydroxyl groups is 1. The Hall–Kier alpha value is -3.97. The summed E-state index contributed by atoms with van der Waals surface area (Å²) in [7, 11) is 0. The van der Waals surface area contributed by atoms with Crippen molar-refractivity contribution in [1.82, 2.24) is 0 Å². The Labute approximate surface area is 213 Å². The molecule has 4 heterocycles. The maximum atomic E-state index is 10.6. The molecule has 0 radical (unpaired) electrons. The lowest BCUT2D eigenvalue weighted by Gasteiger charge is -2.32. The van der Waals surface area contributed by atoms with Gasteiger partial charge in [-0.25, -0.2) is 0 Å². The van der Waals surface area contributed by atoms with Gasteiger partial charge in [0.15, 0.2) is 25.0 Å². The number of nitrogens with zero attached hydrogens (tertiary/aromatic N) is 3. The molecule has 2 aliphatic rings. The predicted octanol–water partition coefficient (Wildman–Crippen LogP) is 6.26. The molecule has 4 nitrogen and oxygen atoms in total. The lowest BCUT2D eigenvalue weighted by Crippen LogP contribution is -2.51. The Kier molecular flexibility index (Phi) is 5.88. The van der Waals surface area contributed by atoms with Crippen molar-refractivity contribution in [2.75, 3.05) is 0 Å². The predicted molar refractivity (Wildman–Crippen MR) is 142 cm³/mol. The molecule has 2 aliphatic heterocycles. The van der Waals surface area contributed by atoms with Crippen LogP contribution >= 0.6 is 0 Å². The molecular weight excluding hydrogens is 442 g/mol. The number of benzene rings is 1. The van der Waals surface area contributed by atoms with Crippen LogP contribution in [0.4, 0.5) is 0 Å². The van der Waals surface area contributed by atoms with E-state index in [-0.39, 0.29) is 23.1 Å². The first-order valence-electron chi connectivity index (χ1n) is 12.5. The average molecular weight is 476 g/mol. The third kappa shape index (κ3) is 3.95. The third-order valence-corrected chi connectivity index (χ3v) is 7.58. The maximum Gasteiger partial charge on any atom is 0.217 e. The Morgan fingerprint density at radius 3 is 2.53 bits per heavy atom. The zero-order valence-electron chi connectivity index (χ0n) is 21.3. The van der Waals surface area contributed by atoms with Crippen molar-refractivity contribution >= 4 is 5.57 Å². The summed E-state index contributed by atoms with van der Waals surface area (Å²) in [5.41, 5.74) is 7.95. The first-order valence-corrected chi connectivity index (χ1v) is 12.5. The van der Waals surface area contributed by atoms with Crippen molar-refractivity contribution in [2.45, 2.75) is 57.5 Å². The number of hydrogen-bond donors (Lipinski definition) is 1. The second-order valence-corrected chi connectivity index (χ2v) is 10.9. The van der Waals surface area contributed by atoms with Crippen molar-refractivity contribution in [1.29, 1.82) is 5.26 Å².